The summed E-state index contributed by atoms with van der Waals surface area (Å²) in [5, 5.41) is 15.1. The van der Waals surface area contributed by atoms with Crippen molar-refractivity contribution in [2.45, 2.75) is 25.5 Å². The summed E-state index contributed by atoms with van der Waals surface area (Å²) in [5.41, 5.74) is 1.79. The van der Waals surface area contributed by atoms with Crippen molar-refractivity contribution < 1.29 is 9.53 Å². The molecule has 0 aromatic carbocycles. The molecular weight excluding hydrogens is 288 g/mol. The van der Waals surface area contributed by atoms with Crippen LogP contribution >= 0.6 is 11.3 Å². The van der Waals surface area contributed by atoms with Crippen LogP contribution in [0.4, 0.5) is 10.5 Å². The number of anilines is 1. The number of amides is 2. The van der Waals surface area contributed by atoms with Crippen LogP contribution in [0.2, 0.25) is 0 Å². The quantitative estimate of drug-likeness (QED) is 0.912. The SMILES string of the molecule is C[C@@H](NC(=O)Nc1ccnnc1)[C@@H]1OCCc2sccc21. The maximum Gasteiger partial charge on any atom is 0.319 e. The first-order valence-electron chi connectivity index (χ1n) is 6.76. The molecule has 0 bridgehead atoms. The molecule has 21 heavy (non-hydrogen) atoms. The second kappa shape index (κ2) is 6.19. The minimum absolute atomic E-state index is 0.0960. The van der Waals surface area contributed by atoms with Gasteiger partial charge in [0.1, 0.15) is 6.10 Å². The van der Waals surface area contributed by atoms with E-state index in [1.807, 2.05) is 6.92 Å². The minimum atomic E-state index is -0.276. The Bertz CT molecular complexity index is 616. The third kappa shape index (κ3) is 3.20. The van der Waals surface area contributed by atoms with Crippen molar-refractivity contribution in [1.82, 2.24) is 15.5 Å². The van der Waals surface area contributed by atoms with Crippen LogP contribution in [0.1, 0.15) is 23.5 Å². The van der Waals surface area contributed by atoms with Gasteiger partial charge in [-0.2, -0.15) is 10.2 Å². The Balaban J connectivity index is 1.62. The van der Waals surface area contributed by atoms with Gasteiger partial charge >= 0.3 is 6.03 Å². The summed E-state index contributed by atoms with van der Waals surface area (Å²) >= 11 is 1.74. The van der Waals surface area contributed by atoms with E-state index in [9.17, 15) is 4.79 Å². The number of rotatable bonds is 3. The topological polar surface area (TPSA) is 76.1 Å². The lowest BCUT2D eigenvalue weighted by Crippen LogP contribution is -2.41. The number of carbonyl (C=O) groups is 1. The number of urea groups is 1. The molecule has 3 rings (SSSR count). The standard InChI is InChI=1S/C14H16N4O2S/c1-9(13-11-4-7-21-12(11)3-6-20-13)17-14(19)18-10-2-5-15-16-8-10/h2,4-5,7-9,13H,3,6H2,1H3,(H2,15,17,18,19)/t9-,13+/m1/s1. The van der Waals surface area contributed by atoms with Crippen LogP contribution in [-0.2, 0) is 11.2 Å². The fraction of sp³-hybridized carbons (Fsp3) is 0.357. The molecule has 0 unspecified atom stereocenters. The van der Waals surface area contributed by atoms with Gasteiger partial charge in [-0.1, -0.05) is 0 Å². The van der Waals surface area contributed by atoms with Gasteiger partial charge in [-0.15, -0.1) is 11.3 Å². The zero-order valence-electron chi connectivity index (χ0n) is 11.6. The summed E-state index contributed by atoms with van der Waals surface area (Å²) in [6.45, 7) is 2.64. The summed E-state index contributed by atoms with van der Waals surface area (Å²) in [4.78, 5) is 13.3. The predicted octanol–water partition coefficient (Wildman–Crippen LogP) is 2.36. The highest BCUT2D eigenvalue weighted by Crippen LogP contribution is 2.33. The van der Waals surface area contributed by atoms with E-state index < -0.39 is 0 Å². The van der Waals surface area contributed by atoms with Crippen molar-refractivity contribution in [2.24, 2.45) is 0 Å². The third-order valence-electron chi connectivity index (χ3n) is 3.37. The molecule has 0 saturated heterocycles. The average molecular weight is 304 g/mol. The Morgan fingerprint density at radius 2 is 2.38 bits per heavy atom. The first-order valence-corrected chi connectivity index (χ1v) is 7.64. The van der Waals surface area contributed by atoms with Crippen LogP contribution < -0.4 is 10.6 Å². The lowest BCUT2D eigenvalue weighted by Gasteiger charge is -2.29. The molecule has 2 aromatic rings. The number of carbonyl (C=O) groups excluding carboxylic acids is 1. The van der Waals surface area contributed by atoms with E-state index in [2.05, 4.69) is 32.3 Å². The number of hydrogen-bond acceptors (Lipinski definition) is 5. The zero-order valence-corrected chi connectivity index (χ0v) is 12.4. The largest absolute Gasteiger partial charge is 0.371 e. The molecule has 0 fully saturated rings. The second-order valence-electron chi connectivity index (χ2n) is 4.86. The molecule has 6 nitrogen and oxygen atoms in total. The van der Waals surface area contributed by atoms with Gasteiger partial charge < -0.3 is 15.4 Å². The third-order valence-corrected chi connectivity index (χ3v) is 4.36. The Labute approximate surface area is 126 Å². The molecule has 2 aromatic heterocycles. The van der Waals surface area contributed by atoms with E-state index in [1.54, 1.807) is 17.4 Å². The molecule has 0 saturated carbocycles. The van der Waals surface area contributed by atoms with Crippen LogP contribution in [0.3, 0.4) is 0 Å². The van der Waals surface area contributed by atoms with Gasteiger partial charge in [-0.05, 0) is 30.0 Å². The Morgan fingerprint density at radius 1 is 1.48 bits per heavy atom. The molecule has 2 amide bonds. The van der Waals surface area contributed by atoms with Gasteiger partial charge in [0.25, 0.3) is 0 Å². The number of nitrogens with one attached hydrogen (secondary N) is 2. The Hall–Kier alpha value is -1.99. The van der Waals surface area contributed by atoms with Crippen LogP contribution in [0.5, 0.6) is 0 Å². The maximum absolute atomic E-state index is 12.0. The summed E-state index contributed by atoms with van der Waals surface area (Å²) in [7, 11) is 0. The van der Waals surface area contributed by atoms with Gasteiger partial charge in [-0.3, -0.25) is 0 Å². The molecular formula is C14H16N4O2S. The molecule has 1 aliphatic rings. The molecule has 0 aliphatic carbocycles. The van der Waals surface area contributed by atoms with Crippen molar-refractivity contribution in [3.8, 4) is 0 Å². The number of thiophene rings is 1. The number of hydrogen-bond donors (Lipinski definition) is 2. The van der Waals surface area contributed by atoms with Crippen molar-refractivity contribution in [1.29, 1.82) is 0 Å². The predicted molar refractivity (Wildman–Crippen MR) is 80.4 cm³/mol. The maximum atomic E-state index is 12.0. The van der Waals surface area contributed by atoms with E-state index >= 15 is 0 Å². The summed E-state index contributed by atoms with van der Waals surface area (Å²) in [5.74, 6) is 0. The average Bonchev–Trinajstić information content (AvgIpc) is 2.96. The normalized spacial score (nSPS) is 18.6. The molecule has 7 heteroatoms. The Kier molecular flexibility index (Phi) is 4.12. The minimum Gasteiger partial charge on any atom is -0.371 e. The van der Waals surface area contributed by atoms with Crippen molar-refractivity contribution in [2.75, 3.05) is 11.9 Å². The van der Waals surface area contributed by atoms with Gasteiger partial charge in [0.05, 0.1) is 30.7 Å². The fourth-order valence-corrected chi connectivity index (χ4v) is 3.30. The van der Waals surface area contributed by atoms with Crippen LogP contribution in [0, 0.1) is 0 Å². The molecule has 3 heterocycles. The first kappa shape index (κ1) is 14.0. The summed E-state index contributed by atoms with van der Waals surface area (Å²) in [6, 6.07) is 3.37. The molecule has 0 spiro atoms. The molecule has 0 radical (unpaired) electrons. The van der Waals surface area contributed by atoms with E-state index in [0.717, 1.165) is 6.42 Å². The van der Waals surface area contributed by atoms with E-state index in [4.69, 9.17) is 4.74 Å². The van der Waals surface area contributed by atoms with E-state index in [-0.39, 0.29) is 18.2 Å². The van der Waals surface area contributed by atoms with Crippen molar-refractivity contribution in [3.63, 3.8) is 0 Å². The van der Waals surface area contributed by atoms with Crippen molar-refractivity contribution in [3.05, 3.63) is 40.3 Å². The lowest BCUT2D eigenvalue weighted by atomic mass is 10.0. The second-order valence-corrected chi connectivity index (χ2v) is 5.86. The lowest BCUT2D eigenvalue weighted by molar-refractivity contribution is 0.0238. The fourth-order valence-electron chi connectivity index (χ4n) is 2.40. The van der Waals surface area contributed by atoms with Gasteiger partial charge in [0.2, 0.25) is 0 Å². The number of fused-ring (bicyclic) bond motifs is 1. The molecule has 1 aliphatic heterocycles. The van der Waals surface area contributed by atoms with Crippen LogP contribution in [0.25, 0.3) is 0 Å². The van der Waals surface area contributed by atoms with Crippen LogP contribution in [-0.4, -0.2) is 28.9 Å². The molecule has 2 N–H and O–H groups in total. The number of aromatic nitrogens is 2. The highest BCUT2D eigenvalue weighted by Gasteiger charge is 2.27. The van der Waals surface area contributed by atoms with Gasteiger partial charge in [0.15, 0.2) is 0 Å². The van der Waals surface area contributed by atoms with E-state index in [1.165, 1.54) is 22.8 Å². The van der Waals surface area contributed by atoms with Crippen molar-refractivity contribution >= 4 is 23.1 Å². The first-order chi connectivity index (χ1) is 10.2. The van der Waals surface area contributed by atoms with E-state index in [0.29, 0.717) is 12.3 Å². The Morgan fingerprint density at radius 3 is 3.19 bits per heavy atom. The smallest absolute Gasteiger partial charge is 0.319 e. The molecule has 110 valence electrons. The molecule has 2 atom stereocenters. The zero-order chi connectivity index (χ0) is 14.7. The van der Waals surface area contributed by atoms with Gasteiger partial charge in [-0.25, -0.2) is 4.79 Å². The van der Waals surface area contributed by atoms with Gasteiger partial charge in [0, 0.05) is 11.3 Å². The summed E-state index contributed by atoms with van der Waals surface area (Å²) < 4.78 is 5.82. The number of nitrogens with zero attached hydrogens (tertiary/aromatic N) is 2. The van der Waals surface area contributed by atoms with Crippen LogP contribution in [0.15, 0.2) is 29.9 Å². The summed E-state index contributed by atoms with van der Waals surface area (Å²) in [6.07, 6.45) is 3.88. The monoisotopic (exact) mass is 304 g/mol. The number of ether oxygens (including phenoxy) is 1. The highest BCUT2D eigenvalue weighted by atomic mass is 32.1. The highest BCUT2D eigenvalue weighted by molar-refractivity contribution is 7.10.